The SMILES string of the molecule is CCN(C1CC1)C1CCCC(NC)C1. The van der Waals surface area contributed by atoms with Crippen molar-refractivity contribution in [2.45, 2.75) is 63.6 Å². The second kappa shape index (κ2) is 4.63. The van der Waals surface area contributed by atoms with Gasteiger partial charge in [-0.05, 0) is 45.7 Å². The van der Waals surface area contributed by atoms with Crippen LogP contribution in [0.15, 0.2) is 0 Å². The Kier molecular flexibility index (Phi) is 3.45. The molecule has 14 heavy (non-hydrogen) atoms. The number of hydrogen-bond donors (Lipinski definition) is 1. The highest BCUT2D eigenvalue weighted by Crippen LogP contribution is 2.33. The maximum atomic E-state index is 3.45. The molecule has 0 heterocycles. The molecular weight excluding hydrogens is 172 g/mol. The summed E-state index contributed by atoms with van der Waals surface area (Å²) in [6.07, 6.45) is 8.51. The van der Waals surface area contributed by atoms with Crippen LogP contribution in [0.4, 0.5) is 0 Å². The Morgan fingerprint density at radius 2 is 1.93 bits per heavy atom. The lowest BCUT2D eigenvalue weighted by Crippen LogP contribution is -2.44. The molecule has 0 amide bonds. The first-order valence-corrected chi connectivity index (χ1v) is 6.28. The van der Waals surface area contributed by atoms with Crippen molar-refractivity contribution in [3.05, 3.63) is 0 Å². The standard InChI is InChI=1S/C12H24N2/c1-3-14(11-7-8-11)12-6-4-5-10(9-12)13-2/h10-13H,3-9H2,1-2H3. The summed E-state index contributed by atoms with van der Waals surface area (Å²) in [5.74, 6) is 0. The Balaban J connectivity index is 1.87. The fourth-order valence-electron chi connectivity index (χ4n) is 2.95. The highest BCUT2D eigenvalue weighted by atomic mass is 15.2. The molecular formula is C12H24N2. The molecule has 0 aromatic carbocycles. The second-order valence-electron chi connectivity index (χ2n) is 4.87. The molecule has 2 unspecified atom stereocenters. The van der Waals surface area contributed by atoms with Gasteiger partial charge in [0.05, 0.1) is 0 Å². The molecule has 0 bridgehead atoms. The van der Waals surface area contributed by atoms with Crippen molar-refractivity contribution in [2.24, 2.45) is 0 Å². The minimum atomic E-state index is 0.779. The van der Waals surface area contributed by atoms with Gasteiger partial charge >= 0.3 is 0 Å². The fraction of sp³-hybridized carbons (Fsp3) is 1.00. The minimum absolute atomic E-state index is 0.779. The zero-order valence-electron chi connectivity index (χ0n) is 9.63. The summed E-state index contributed by atoms with van der Waals surface area (Å²) in [5, 5.41) is 3.45. The average molecular weight is 196 g/mol. The topological polar surface area (TPSA) is 15.3 Å². The van der Waals surface area contributed by atoms with Crippen LogP contribution in [0.3, 0.4) is 0 Å². The van der Waals surface area contributed by atoms with Gasteiger partial charge in [-0.25, -0.2) is 0 Å². The lowest BCUT2D eigenvalue weighted by atomic mass is 9.90. The summed E-state index contributed by atoms with van der Waals surface area (Å²) in [6, 6.07) is 2.60. The predicted octanol–water partition coefficient (Wildman–Crippen LogP) is 2.00. The van der Waals surface area contributed by atoms with Crippen molar-refractivity contribution < 1.29 is 0 Å². The molecule has 2 fully saturated rings. The smallest absolute Gasteiger partial charge is 0.0113 e. The van der Waals surface area contributed by atoms with Gasteiger partial charge in [-0.15, -0.1) is 0 Å². The van der Waals surface area contributed by atoms with Crippen LogP contribution in [0.25, 0.3) is 0 Å². The Morgan fingerprint density at radius 1 is 1.14 bits per heavy atom. The van der Waals surface area contributed by atoms with Gasteiger partial charge in [0.2, 0.25) is 0 Å². The van der Waals surface area contributed by atoms with Gasteiger partial charge < -0.3 is 5.32 Å². The first kappa shape index (κ1) is 10.4. The normalized spacial score (nSPS) is 33.6. The molecule has 2 saturated carbocycles. The van der Waals surface area contributed by atoms with E-state index in [1.807, 2.05) is 0 Å². The van der Waals surface area contributed by atoms with E-state index in [4.69, 9.17) is 0 Å². The highest BCUT2D eigenvalue weighted by molar-refractivity contribution is 4.91. The van der Waals surface area contributed by atoms with E-state index in [-0.39, 0.29) is 0 Å². The Bertz CT molecular complexity index is 177. The molecule has 82 valence electrons. The lowest BCUT2D eigenvalue weighted by molar-refractivity contribution is 0.140. The van der Waals surface area contributed by atoms with Gasteiger partial charge in [0.1, 0.15) is 0 Å². The predicted molar refractivity (Wildman–Crippen MR) is 60.5 cm³/mol. The molecule has 2 rings (SSSR count). The quantitative estimate of drug-likeness (QED) is 0.740. The van der Waals surface area contributed by atoms with Gasteiger partial charge in [-0.3, -0.25) is 4.90 Å². The van der Waals surface area contributed by atoms with Crippen LogP contribution in [-0.4, -0.2) is 36.6 Å². The summed E-state index contributed by atoms with van der Waals surface area (Å²) in [7, 11) is 2.11. The zero-order chi connectivity index (χ0) is 9.97. The molecule has 0 radical (unpaired) electrons. The lowest BCUT2D eigenvalue weighted by Gasteiger charge is -2.37. The number of rotatable bonds is 4. The van der Waals surface area contributed by atoms with Crippen molar-refractivity contribution in [1.29, 1.82) is 0 Å². The van der Waals surface area contributed by atoms with E-state index < -0.39 is 0 Å². The van der Waals surface area contributed by atoms with E-state index in [9.17, 15) is 0 Å². The maximum Gasteiger partial charge on any atom is 0.0113 e. The van der Waals surface area contributed by atoms with Crippen molar-refractivity contribution >= 4 is 0 Å². The Hall–Kier alpha value is -0.0800. The van der Waals surface area contributed by atoms with Crippen LogP contribution in [-0.2, 0) is 0 Å². The van der Waals surface area contributed by atoms with Gasteiger partial charge in [0.25, 0.3) is 0 Å². The molecule has 0 saturated heterocycles. The Labute approximate surface area is 88.1 Å². The van der Waals surface area contributed by atoms with Crippen molar-refractivity contribution in [3.8, 4) is 0 Å². The van der Waals surface area contributed by atoms with E-state index in [0.29, 0.717) is 0 Å². The number of nitrogens with zero attached hydrogens (tertiary/aromatic N) is 1. The number of nitrogens with one attached hydrogen (secondary N) is 1. The van der Waals surface area contributed by atoms with Crippen molar-refractivity contribution in [3.63, 3.8) is 0 Å². The van der Waals surface area contributed by atoms with Crippen LogP contribution >= 0.6 is 0 Å². The monoisotopic (exact) mass is 196 g/mol. The molecule has 2 atom stereocenters. The molecule has 2 aliphatic rings. The van der Waals surface area contributed by atoms with Gasteiger partial charge in [0.15, 0.2) is 0 Å². The zero-order valence-corrected chi connectivity index (χ0v) is 9.63. The first-order chi connectivity index (χ1) is 6.85. The van der Waals surface area contributed by atoms with E-state index in [2.05, 4.69) is 24.2 Å². The molecule has 2 nitrogen and oxygen atoms in total. The number of hydrogen-bond acceptors (Lipinski definition) is 2. The summed E-state index contributed by atoms with van der Waals surface area (Å²) in [6.45, 7) is 3.58. The minimum Gasteiger partial charge on any atom is -0.317 e. The van der Waals surface area contributed by atoms with Crippen molar-refractivity contribution in [1.82, 2.24) is 10.2 Å². The molecule has 2 aliphatic carbocycles. The molecule has 0 aliphatic heterocycles. The molecule has 0 aromatic rings. The van der Waals surface area contributed by atoms with E-state index in [1.54, 1.807) is 0 Å². The third-order valence-electron chi connectivity index (χ3n) is 3.90. The van der Waals surface area contributed by atoms with E-state index in [1.165, 1.54) is 45.1 Å². The summed E-state index contributed by atoms with van der Waals surface area (Å²) >= 11 is 0. The van der Waals surface area contributed by atoms with Gasteiger partial charge in [0, 0.05) is 18.1 Å². The van der Waals surface area contributed by atoms with Gasteiger partial charge in [-0.2, -0.15) is 0 Å². The molecule has 0 spiro atoms. The van der Waals surface area contributed by atoms with E-state index in [0.717, 1.165) is 18.1 Å². The largest absolute Gasteiger partial charge is 0.317 e. The van der Waals surface area contributed by atoms with Gasteiger partial charge in [-0.1, -0.05) is 13.3 Å². The highest BCUT2D eigenvalue weighted by Gasteiger charge is 2.34. The van der Waals surface area contributed by atoms with Crippen LogP contribution in [0.1, 0.15) is 45.4 Å². The summed E-state index contributed by atoms with van der Waals surface area (Å²) < 4.78 is 0. The fourth-order valence-corrected chi connectivity index (χ4v) is 2.95. The first-order valence-electron chi connectivity index (χ1n) is 6.28. The second-order valence-corrected chi connectivity index (χ2v) is 4.87. The van der Waals surface area contributed by atoms with Crippen molar-refractivity contribution in [2.75, 3.05) is 13.6 Å². The molecule has 0 aromatic heterocycles. The van der Waals surface area contributed by atoms with Crippen LogP contribution in [0.5, 0.6) is 0 Å². The Morgan fingerprint density at radius 3 is 2.50 bits per heavy atom. The average Bonchev–Trinajstić information content (AvgIpc) is 3.04. The summed E-state index contributed by atoms with van der Waals surface area (Å²) in [5.41, 5.74) is 0. The third kappa shape index (κ3) is 2.29. The van der Waals surface area contributed by atoms with Crippen LogP contribution in [0.2, 0.25) is 0 Å². The molecule has 2 heteroatoms. The maximum absolute atomic E-state index is 3.45. The third-order valence-corrected chi connectivity index (χ3v) is 3.90. The summed E-state index contributed by atoms with van der Waals surface area (Å²) in [4.78, 5) is 2.75. The van der Waals surface area contributed by atoms with Crippen LogP contribution < -0.4 is 5.32 Å². The molecule has 1 N–H and O–H groups in total. The van der Waals surface area contributed by atoms with E-state index >= 15 is 0 Å². The van der Waals surface area contributed by atoms with Crippen LogP contribution in [0, 0.1) is 0 Å².